The van der Waals surface area contributed by atoms with Crippen LogP contribution < -0.4 is 11.1 Å². The van der Waals surface area contributed by atoms with Crippen molar-refractivity contribution >= 4 is 28.0 Å². The normalized spacial score (nSPS) is 15.1. The molecule has 1 aromatic rings. The molecule has 0 saturated carbocycles. The Labute approximate surface area is 74.6 Å². The molecule has 0 radical (unpaired) electrons. The van der Waals surface area contributed by atoms with Crippen molar-refractivity contribution < 1.29 is 0 Å². The molecule has 2 heterocycles. The minimum Gasteiger partial charge on any atom is -0.369 e. The molecular weight excluding hydrogens is 170 g/mol. The van der Waals surface area contributed by atoms with Gasteiger partial charge in [-0.25, -0.2) is 4.99 Å². The fraction of sp³-hybridized carbons (Fsp3) is 0.125. The van der Waals surface area contributed by atoms with Crippen molar-refractivity contribution in [3.8, 4) is 0 Å². The van der Waals surface area contributed by atoms with Gasteiger partial charge in [-0.1, -0.05) is 6.58 Å². The van der Waals surface area contributed by atoms with E-state index in [-0.39, 0.29) is 0 Å². The molecule has 0 aromatic carbocycles. The molecule has 0 amide bonds. The standard InChI is InChI=1S/C8H9N3S/c1-4-3-12-7-6(4)5(2)10-8(9)11-7/h3H,2H2,1H3,(H3,9,10,11). The van der Waals surface area contributed by atoms with E-state index in [0.29, 0.717) is 5.96 Å². The van der Waals surface area contributed by atoms with Crippen LogP contribution in [0, 0.1) is 6.92 Å². The average Bonchev–Trinajstić information content (AvgIpc) is 2.31. The maximum atomic E-state index is 5.53. The molecule has 62 valence electrons. The number of thiophene rings is 1. The van der Waals surface area contributed by atoms with E-state index in [2.05, 4.69) is 22.3 Å². The van der Waals surface area contributed by atoms with Crippen LogP contribution in [0.25, 0.3) is 5.70 Å². The lowest BCUT2D eigenvalue weighted by atomic mass is 10.1. The summed E-state index contributed by atoms with van der Waals surface area (Å²) in [5, 5.41) is 5.91. The second-order valence-corrected chi connectivity index (χ2v) is 3.56. The van der Waals surface area contributed by atoms with E-state index in [1.165, 1.54) is 5.56 Å². The number of guanidine groups is 1. The van der Waals surface area contributed by atoms with Crippen LogP contribution >= 0.6 is 11.3 Å². The van der Waals surface area contributed by atoms with Gasteiger partial charge in [-0.2, -0.15) is 0 Å². The molecule has 1 aliphatic heterocycles. The van der Waals surface area contributed by atoms with Crippen LogP contribution in [0.4, 0.5) is 5.00 Å². The molecule has 0 bridgehead atoms. The third-order valence-electron chi connectivity index (χ3n) is 1.76. The van der Waals surface area contributed by atoms with Crippen LogP contribution in [0.3, 0.4) is 0 Å². The maximum Gasteiger partial charge on any atom is 0.199 e. The van der Waals surface area contributed by atoms with Crippen molar-refractivity contribution in [3.63, 3.8) is 0 Å². The quantitative estimate of drug-likeness (QED) is 0.635. The first kappa shape index (κ1) is 7.36. The Hall–Kier alpha value is -1.29. The smallest absolute Gasteiger partial charge is 0.199 e. The maximum absolute atomic E-state index is 5.53. The lowest BCUT2D eigenvalue weighted by Crippen LogP contribution is -2.31. The van der Waals surface area contributed by atoms with Crippen LogP contribution in [-0.2, 0) is 0 Å². The molecule has 1 aromatic heterocycles. The number of hydrogen-bond donors (Lipinski definition) is 2. The van der Waals surface area contributed by atoms with Gasteiger partial charge in [0.25, 0.3) is 0 Å². The molecule has 1 aliphatic rings. The number of rotatable bonds is 0. The molecule has 0 unspecified atom stereocenters. The number of fused-ring (bicyclic) bond motifs is 1. The first-order chi connectivity index (χ1) is 5.68. The van der Waals surface area contributed by atoms with Crippen molar-refractivity contribution in [2.45, 2.75) is 6.92 Å². The van der Waals surface area contributed by atoms with E-state index < -0.39 is 0 Å². The van der Waals surface area contributed by atoms with Crippen molar-refractivity contribution in [1.29, 1.82) is 0 Å². The molecule has 0 fully saturated rings. The fourth-order valence-corrected chi connectivity index (χ4v) is 2.19. The van der Waals surface area contributed by atoms with Gasteiger partial charge in [0.15, 0.2) is 5.96 Å². The predicted molar refractivity (Wildman–Crippen MR) is 52.5 cm³/mol. The van der Waals surface area contributed by atoms with Gasteiger partial charge >= 0.3 is 0 Å². The molecule has 12 heavy (non-hydrogen) atoms. The molecule has 0 aliphatic carbocycles. The monoisotopic (exact) mass is 179 g/mol. The highest BCUT2D eigenvalue weighted by Gasteiger charge is 2.16. The summed E-state index contributed by atoms with van der Waals surface area (Å²) in [7, 11) is 0. The Morgan fingerprint density at radius 2 is 2.42 bits per heavy atom. The van der Waals surface area contributed by atoms with Gasteiger partial charge in [0.1, 0.15) is 5.00 Å². The first-order valence-corrected chi connectivity index (χ1v) is 4.45. The minimum atomic E-state index is 0.425. The van der Waals surface area contributed by atoms with E-state index in [9.17, 15) is 0 Å². The van der Waals surface area contributed by atoms with Crippen molar-refractivity contribution in [3.05, 3.63) is 23.1 Å². The highest BCUT2D eigenvalue weighted by molar-refractivity contribution is 7.14. The highest BCUT2D eigenvalue weighted by atomic mass is 32.1. The van der Waals surface area contributed by atoms with E-state index in [1.807, 2.05) is 6.92 Å². The van der Waals surface area contributed by atoms with Gasteiger partial charge in [-0.3, -0.25) is 0 Å². The SMILES string of the molecule is C=C1NC(N)=Nc2scc(C)c21. The third kappa shape index (κ3) is 0.921. The number of aliphatic imine (C=N–C) groups is 1. The molecule has 4 heteroatoms. The largest absolute Gasteiger partial charge is 0.369 e. The van der Waals surface area contributed by atoms with Crippen LogP contribution in [-0.4, -0.2) is 5.96 Å². The summed E-state index contributed by atoms with van der Waals surface area (Å²) in [5.41, 5.74) is 8.67. The van der Waals surface area contributed by atoms with Crippen LogP contribution in [0.15, 0.2) is 17.0 Å². The minimum absolute atomic E-state index is 0.425. The lowest BCUT2D eigenvalue weighted by Gasteiger charge is -2.14. The highest BCUT2D eigenvalue weighted by Crippen LogP contribution is 2.35. The average molecular weight is 179 g/mol. The molecule has 3 nitrogen and oxygen atoms in total. The van der Waals surface area contributed by atoms with E-state index in [4.69, 9.17) is 5.73 Å². The summed E-state index contributed by atoms with van der Waals surface area (Å²) >= 11 is 1.59. The molecule has 0 atom stereocenters. The summed E-state index contributed by atoms with van der Waals surface area (Å²) in [6.45, 7) is 5.91. The number of nitrogens with zero attached hydrogens (tertiary/aromatic N) is 1. The van der Waals surface area contributed by atoms with Gasteiger partial charge in [0.05, 0.1) is 0 Å². The molecule has 3 N–H and O–H groups in total. The number of aryl methyl sites for hydroxylation is 1. The van der Waals surface area contributed by atoms with Gasteiger partial charge in [-0.15, -0.1) is 11.3 Å². The number of nitrogens with one attached hydrogen (secondary N) is 1. The summed E-state index contributed by atoms with van der Waals surface area (Å²) in [6, 6.07) is 0. The Balaban J connectivity index is 2.65. The summed E-state index contributed by atoms with van der Waals surface area (Å²) < 4.78 is 0. The second kappa shape index (κ2) is 2.35. The molecule has 2 rings (SSSR count). The number of hydrogen-bond acceptors (Lipinski definition) is 4. The van der Waals surface area contributed by atoms with Crippen LogP contribution in [0.2, 0.25) is 0 Å². The zero-order valence-electron chi connectivity index (χ0n) is 6.72. The Morgan fingerprint density at radius 3 is 3.17 bits per heavy atom. The van der Waals surface area contributed by atoms with E-state index in [1.54, 1.807) is 11.3 Å². The van der Waals surface area contributed by atoms with Gasteiger partial charge in [-0.05, 0) is 17.9 Å². The zero-order valence-corrected chi connectivity index (χ0v) is 7.53. The summed E-state index contributed by atoms with van der Waals surface area (Å²) in [4.78, 5) is 4.16. The van der Waals surface area contributed by atoms with Gasteiger partial charge in [0.2, 0.25) is 0 Å². The van der Waals surface area contributed by atoms with Crippen molar-refractivity contribution in [2.75, 3.05) is 0 Å². The molecular formula is C8H9N3S. The topological polar surface area (TPSA) is 50.4 Å². The van der Waals surface area contributed by atoms with Crippen LogP contribution in [0.1, 0.15) is 11.1 Å². The lowest BCUT2D eigenvalue weighted by molar-refractivity contribution is 1.20. The predicted octanol–water partition coefficient (Wildman–Crippen LogP) is 1.58. The molecule has 0 saturated heterocycles. The van der Waals surface area contributed by atoms with E-state index >= 15 is 0 Å². The molecule has 0 spiro atoms. The van der Waals surface area contributed by atoms with Gasteiger partial charge in [0, 0.05) is 11.3 Å². The van der Waals surface area contributed by atoms with Gasteiger partial charge < -0.3 is 11.1 Å². The first-order valence-electron chi connectivity index (χ1n) is 3.57. The van der Waals surface area contributed by atoms with Crippen LogP contribution in [0.5, 0.6) is 0 Å². The van der Waals surface area contributed by atoms with Crippen molar-refractivity contribution in [1.82, 2.24) is 5.32 Å². The Kier molecular flexibility index (Phi) is 1.44. The Bertz CT molecular complexity index is 376. The summed E-state index contributed by atoms with van der Waals surface area (Å²) in [5.74, 6) is 0.425. The van der Waals surface area contributed by atoms with E-state index in [0.717, 1.165) is 16.3 Å². The van der Waals surface area contributed by atoms with Crippen molar-refractivity contribution in [2.24, 2.45) is 10.7 Å². The Morgan fingerprint density at radius 1 is 1.67 bits per heavy atom. The third-order valence-corrected chi connectivity index (χ3v) is 2.75. The second-order valence-electron chi connectivity index (χ2n) is 2.70. The zero-order chi connectivity index (χ0) is 8.72. The fourth-order valence-electron chi connectivity index (χ4n) is 1.23. The number of nitrogens with two attached hydrogens (primary N) is 1. The summed E-state index contributed by atoms with van der Waals surface area (Å²) in [6.07, 6.45) is 0.